The van der Waals surface area contributed by atoms with E-state index in [0.717, 1.165) is 0 Å². The molecule has 7 heteroatoms. The summed E-state index contributed by atoms with van der Waals surface area (Å²) >= 11 is 0. The molecule has 0 atom stereocenters. The molecule has 0 amide bonds. The lowest BCUT2D eigenvalue weighted by Gasteiger charge is -1.95. The summed E-state index contributed by atoms with van der Waals surface area (Å²) in [5.74, 6) is -0.962. The van der Waals surface area contributed by atoms with Crippen molar-refractivity contribution in [1.29, 1.82) is 0 Å². The van der Waals surface area contributed by atoms with Crippen molar-refractivity contribution in [3.05, 3.63) is 28.8 Å². The van der Waals surface area contributed by atoms with Crippen molar-refractivity contribution in [3.63, 3.8) is 0 Å². The normalized spacial score (nSPS) is 12.1. The Kier molecular flexibility index (Phi) is 1.73. The van der Waals surface area contributed by atoms with Crippen molar-refractivity contribution >= 4 is 21.2 Å². The van der Waals surface area contributed by atoms with Gasteiger partial charge in [-0.15, -0.1) is 0 Å². The zero-order valence-corrected chi connectivity index (χ0v) is 7.58. The Morgan fingerprint density at radius 2 is 1.93 bits per heavy atom. The van der Waals surface area contributed by atoms with Crippen LogP contribution in [0.2, 0.25) is 0 Å². The van der Waals surface area contributed by atoms with E-state index in [2.05, 4.69) is 8.83 Å². The minimum atomic E-state index is -3.91. The van der Waals surface area contributed by atoms with Gasteiger partial charge in [-0.3, -0.25) is 0 Å². The van der Waals surface area contributed by atoms with E-state index in [1.54, 1.807) is 0 Å². The molecule has 0 unspecified atom stereocenters. The maximum Gasteiger partial charge on any atom is 0.519 e. The van der Waals surface area contributed by atoms with Crippen LogP contribution < -0.4 is 11.0 Å². The van der Waals surface area contributed by atoms with Crippen LogP contribution in [0.25, 0.3) is 11.2 Å². The van der Waals surface area contributed by atoms with Crippen molar-refractivity contribution in [2.75, 3.05) is 0 Å². The van der Waals surface area contributed by atoms with Gasteiger partial charge in [0.1, 0.15) is 4.90 Å². The second kappa shape index (κ2) is 2.69. The van der Waals surface area contributed by atoms with Gasteiger partial charge in [-0.05, 0) is 12.1 Å². The van der Waals surface area contributed by atoms with E-state index in [9.17, 15) is 13.2 Å². The summed E-state index contributed by atoms with van der Waals surface area (Å²) in [6.45, 7) is 0. The molecule has 1 aromatic carbocycles. The number of hydrogen-bond donors (Lipinski definition) is 1. The van der Waals surface area contributed by atoms with Crippen LogP contribution in [-0.4, -0.2) is 8.42 Å². The van der Waals surface area contributed by atoms with E-state index in [-0.39, 0.29) is 16.1 Å². The van der Waals surface area contributed by atoms with Crippen LogP contribution in [0.5, 0.6) is 0 Å². The summed E-state index contributed by atoms with van der Waals surface area (Å²) in [5, 5.41) is 4.90. The van der Waals surface area contributed by atoms with Crippen LogP contribution in [0.4, 0.5) is 0 Å². The second-order valence-electron chi connectivity index (χ2n) is 2.58. The zero-order valence-electron chi connectivity index (χ0n) is 6.76. The molecular formula is C7H5NO5S. The topological polar surface area (TPSA) is 104 Å². The van der Waals surface area contributed by atoms with Gasteiger partial charge in [0.05, 0.1) is 0 Å². The van der Waals surface area contributed by atoms with Crippen LogP contribution in [0, 0.1) is 0 Å². The molecule has 2 rings (SSSR count). The highest BCUT2D eigenvalue weighted by Crippen LogP contribution is 2.20. The molecule has 6 nitrogen and oxygen atoms in total. The predicted octanol–water partition coefficient (Wildman–Crippen LogP) is 0.0334. The Morgan fingerprint density at radius 1 is 1.21 bits per heavy atom. The van der Waals surface area contributed by atoms with Gasteiger partial charge in [0.15, 0.2) is 11.2 Å². The zero-order chi connectivity index (χ0) is 10.3. The van der Waals surface area contributed by atoms with Crippen LogP contribution in [-0.2, 0) is 10.0 Å². The molecule has 0 bridgehead atoms. The van der Waals surface area contributed by atoms with Crippen LogP contribution in [0.3, 0.4) is 0 Å². The maximum absolute atomic E-state index is 11.0. The standard InChI is InChI=1S/C7H5NO5S/c8-14(10,11)5-3-1-2-4-6(5)13-7(9)12-4/h1-3H,(H2,8,10,11). The first-order valence-electron chi connectivity index (χ1n) is 3.54. The first-order valence-corrected chi connectivity index (χ1v) is 5.08. The van der Waals surface area contributed by atoms with Crippen molar-refractivity contribution < 1.29 is 17.3 Å². The molecule has 2 aromatic rings. The molecule has 0 saturated carbocycles. The molecule has 14 heavy (non-hydrogen) atoms. The van der Waals surface area contributed by atoms with Crippen molar-refractivity contribution in [2.45, 2.75) is 4.90 Å². The highest BCUT2D eigenvalue weighted by atomic mass is 32.2. The molecule has 0 fully saturated rings. The van der Waals surface area contributed by atoms with Gasteiger partial charge in [0.2, 0.25) is 10.0 Å². The van der Waals surface area contributed by atoms with E-state index in [0.29, 0.717) is 0 Å². The van der Waals surface area contributed by atoms with Crippen LogP contribution >= 0.6 is 0 Å². The number of sulfonamides is 1. The number of rotatable bonds is 1. The number of fused-ring (bicyclic) bond motifs is 1. The third-order valence-corrected chi connectivity index (χ3v) is 2.56. The van der Waals surface area contributed by atoms with Crippen LogP contribution in [0.1, 0.15) is 0 Å². The van der Waals surface area contributed by atoms with E-state index in [1.807, 2.05) is 0 Å². The van der Waals surface area contributed by atoms with Gasteiger partial charge < -0.3 is 8.83 Å². The quantitative estimate of drug-likeness (QED) is 0.722. The van der Waals surface area contributed by atoms with E-state index in [1.165, 1.54) is 18.2 Å². The fourth-order valence-corrected chi connectivity index (χ4v) is 1.76. The monoisotopic (exact) mass is 215 g/mol. The van der Waals surface area contributed by atoms with Gasteiger partial charge in [-0.2, -0.15) is 0 Å². The molecule has 0 aliphatic rings. The van der Waals surface area contributed by atoms with Gasteiger partial charge in [-0.25, -0.2) is 18.4 Å². The number of para-hydroxylation sites is 1. The SMILES string of the molecule is NS(=O)(=O)c1cccc2oc(=O)oc12. The minimum absolute atomic E-state index is 0.0570. The van der Waals surface area contributed by atoms with Crippen LogP contribution in [0.15, 0.2) is 36.7 Å². The smallest absolute Gasteiger partial charge is 0.391 e. The summed E-state index contributed by atoms with van der Waals surface area (Å²) in [4.78, 5) is 10.4. The average molecular weight is 215 g/mol. The largest absolute Gasteiger partial charge is 0.519 e. The summed E-state index contributed by atoms with van der Waals surface area (Å²) in [6, 6.07) is 4.05. The number of benzene rings is 1. The van der Waals surface area contributed by atoms with E-state index >= 15 is 0 Å². The number of nitrogens with two attached hydrogens (primary N) is 1. The van der Waals surface area contributed by atoms with Gasteiger partial charge in [-0.1, -0.05) is 6.07 Å². The molecule has 2 N–H and O–H groups in total. The minimum Gasteiger partial charge on any atom is -0.391 e. The molecule has 1 aromatic heterocycles. The first-order chi connectivity index (χ1) is 6.48. The highest BCUT2D eigenvalue weighted by molar-refractivity contribution is 7.89. The Hall–Kier alpha value is -1.60. The fourth-order valence-electron chi connectivity index (χ4n) is 1.09. The van der Waals surface area contributed by atoms with E-state index < -0.39 is 15.8 Å². The fraction of sp³-hybridized carbons (Fsp3) is 0. The van der Waals surface area contributed by atoms with Crippen molar-refractivity contribution in [3.8, 4) is 0 Å². The lowest BCUT2D eigenvalue weighted by atomic mass is 10.3. The molecule has 1 heterocycles. The average Bonchev–Trinajstić information content (AvgIpc) is 2.41. The Balaban J connectivity index is 2.98. The summed E-state index contributed by atoms with van der Waals surface area (Å²) in [5.41, 5.74) is -0.0958. The summed E-state index contributed by atoms with van der Waals surface area (Å²) in [6.07, 6.45) is 0. The molecule has 0 spiro atoms. The maximum atomic E-state index is 11.0. The Morgan fingerprint density at radius 3 is 2.57 bits per heavy atom. The Bertz CT molecular complexity index is 635. The molecular weight excluding hydrogens is 210 g/mol. The van der Waals surface area contributed by atoms with Gasteiger partial charge >= 0.3 is 5.82 Å². The van der Waals surface area contributed by atoms with Crippen molar-refractivity contribution in [1.82, 2.24) is 0 Å². The van der Waals surface area contributed by atoms with E-state index in [4.69, 9.17) is 5.14 Å². The third kappa shape index (κ3) is 1.32. The predicted molar refractivity (Wildman–Crippen MR) is 46.1 cm³/mol. The number of hydrogen-bond acceptors (Lipinski definition) is 5. The summed E-state index contributed by atoms with van der Waals surface area (Å²) < 4.78 is 31.2. The second-order valence-corrected chi connectivity index (χ2v) is 4.11. The Labute approximate surface area is 78.0 Å². The first kappa shape index (κ1) is 8.97. The van der Waals surface area contributed by atoms with Gasteiger partial charge in [0, 0.05) is 0 Å². The molecule has 0 aliphatic carbocycles. The summed E-state index contributed by atoms with van der Waals surface area (Å²) in [7, 11) is -3.91. The number of primary sulfonamides is 1. The third-order valence-electron chi connectivity index (χ3n) is 1.63. The molecule has 74 valence electrons. The highest BCUT2D eigenvalue weighted by Gasteiger charge is 2.17. The lowest BCUT2D eigenvalue weighted by molar-refractivity contribution is 0.407. The molecule has 0 saturated heterocycles. The lowest BCUT2D eigenvalue weighted by Crippen LogP contribution is -2.12. The molecule has 0 aliphatic heterocycles. The van der Waals surface area contributed by atoms with Gasteiger partial charge in [0.25, 0.3) is 0 Å². The molecule has 0 radical (unpaired) electrons. The van der Waals surface area contributed by atoms with Crippen molar-refractivity contribution in [2.24, 2.45) is 5.14 Å².